The van der Waals surface area contributed by atoms with Crippen molar-refractivity contribution in [3.8, 4) is 0 Å². The van der Waals surface area contributed by atoms with Crippen molar-refractivity contribution in [2.45, 2.75) is 50.4 Å². The summed E-state index contributed by atoms with van der Waals surface area (Å²) in [6.07, 6.45) is 1.68. The zero-order valence-electron chi connectivity index (χ0n) is 16.2. The maximum atomic E-state index is 15.5. The van der Waals surface area contributed by atoms with Crippen LogP contribution in [0.15, 0.2) is 15.4 Å². The third kappa shape index (κ3) is 2.97. The number of aromatic nitrogens is 2. The Kier molecular flexibility index (Phi) is 5.03. The monoisotopic (exact) mass is 394 g/mol. The molecule has 1 saturated carbocycles. The molecule has 0 radical (unpaired) electrons. The van der Waals surface area contributed by atoms with Crippen LogP contribution in [0.1, 0.15) is 49.6 Å². The molecular weight excluding hydrogens is 367 g/mol. The molecule has 0 aromatic carbocycles. The number of nitrogens with two attached hydrogens (primary N) is 1. The summed E-state index contributed by atoms with van der Waals surface area (Å²) in [6, 6.07) is -1.07. The molecule has 0 amide bonds. The van der Waals surface area contributed by atoms with Crippen LogP contribution in [0.25, 0.3) is 5.57 Å². The first-order chi connectivity index (χ1) is 13.4. The molecule has 154 valence electrons. The minimum Gasteiger partial charge on any atom is -0.395 e. The fraction of sp³-hybridized carbons (Fsp3) is 0.684. The average molecular weight is 394 g/mol. The molecule has 1 saturated heterocycles. The summed E-state index contributed by atoms with van der Waals surface area (Å²) in [7, 11) is 1.48. The van der Waals surface area contributed by atoms with E-state index in [1.807, 2.05) is 4.90 Å². The highest BCUT2D eigenvalue weighted by Gasteiger charge is 2.46. The number of H-pyrrole nitrogens is 1. The number of rotatable bonds is 5. The van der Waals surface area contributed by atoms with Gasteiger partial charge in [-0.05, 0) is 44.2 Å². The fourth-order valence-electron chi connectivity index (χ4n) is 4.69. The quantitative estimate of drug-likeness (QED) is 0.661. The number of hydrogen-bond acceptors (Lipinski definition) is 6. The van der Waals surface area contributed by atoms with Crippen LogP contribution in [0.3, 0.4) is 0 Å². The normalized spacial score (nSPS) is 29.2. The SMILES string of the molecule is COC1c2c(c(=O)[nH]c(=O)n2C2CC2)C(C)=C(F)C1N1CCC(C(N)CO)C1. The van der Waals surface area contributed by atoms with Crippen LogP contribution in [0, 0.1) is 5.92 Å². The van der Waals surface area contributed by atoms with Crippen LogP contribution in [-0.2, 0) is 4.74 Å². The van der Waals surface area contributed by atoms with E-state index < -0.39 is 29.2 Å². The van der Waals surface area contributed by atoms with E-state index in [2.05, 4.69) is 4.98 Å². The second kappa shape index (κ2) is 7.22. The van der Waals surface area contributed by atoms with Gasteiger partial charge in [-0.3, -0.25) is 19.2 Å². The van der Waals surface area contributed by atoms with Gasteiger partial charge in [0.15, 0.2) is 0 Å². The number of fused-ring (bicyclic) bond motifs is 1. The second-order valence-electron chi connectivity index (χ2n) is 8.08. The number of nitrogens with one attached hydrogen (secondary N) is 1. The maximum absolute atomic E-state index is 15.5. The number of likely N-dealkylation sites (tertiary alicyclic amines) is 1. The van der Waals surface area contributed by atoms with Crippen molar-refractivity contribution in [2.24, 2.45) is 11.7 Å². The Morgan fingerprint density at radius 2 is 2.07 bits per heavy atom. The van der Waals surface area contributed by atoms with Crippen LogP contribution in [0.2, 0.25) is 0 Å². The van der Waals surface area contributed by atoms with Gasteiger partial charge in [0.25, 0.3) is 5.56 Å². The molecule has 0 spiro atoms. The second-order valence-corrected chi connectivity index (χ2v) is 8.08. The molecule has 9 heteroatoms. The molecule has 2 aliphatic carbocycles. The van der Waals surface area contributed by atoms with Gasteiger partial charge in [0.2, 0.25) is 0 Å². The Balaban J connectivity index is 1.82. The van der Waals surface area contributed by atoms with Crippen molar-refractivity contribution in [2.75, 3.05) is 26.8 Å². The molecule has 1 aromatic heterocycles. The van der Waals surface area contributed by atoms with E-state index in [1.165, 1.54) is 7.11 Å². The van der Waals surface area contributed by atoms with Gasteiger partial charge >= 0.3 is 5.69 Å². The average Bonchev–Trinajstić information content (AvgIpc) is 3.38. The smallest absolute Gasteiger partial charge is 0.328 e. The largest absolute Gasteiger partial charge is 0.395 e. The zero-order chi connectivity index (χ0) is 20.2. The van der Waals surface area contributed by atoms with Gasteiger partial charge in [0.1, 0.15) is 11.9 Å². The lowest BCUT2D eigenvalue weighted by Gasteiger charge is -2.38. The summed E-state index contributed by atoms with van der Waals surface area (Å²) in [5.74, 6) is -0.356. The van der Waals surface area contributed by atoms with Crippen molar-refractivity contribution in [1.29, 1.82) is 0 Å². The van der Waals surface area contributed by atoms with Gasteiger partial charge < -0.3 is 15.6 Å². The summed E-state index contributed by atoms with van der Waals surface area (Å²) < 4.78 is 22.8. The lowest BCUT2D eigenvalue weighted by molar-refractivity contribution is 0.0176. The third-order valence-electron chi connectivity index (χ3n) is 6.36. The van der Waals surface area contributed by atoms with Gasteiger partial charge in [-0.15, -0.1) is 0 Å². The van der Waals surface area contributed by atoms with Gasteiger partial charge in [-0.25, -0.2) is 9.18 Å². The summed E-state index contributed by atoms with van der Waals surface area (Å²) in [4.78, 5) is 29.4. The molecule has 3 aliphatic rings. The zero-order valence-corrected chi connectivity index (χ0v) is 16.2. The Hall–Kier alpha value is -1.81. The van der Waals surface area contributed by atoms with Crippen LogP contribution >= 0.6 is 0 Å². The van der Waals surface area contributed by atoms with Crippen molar-refractivity contribution in [1.82, 2.24) is 14.5 Å². The van der Waals surface area contributed by atoms with Gasteiger partial charge in [0, 0.05) is 25.7 Å². The van der Waals surface area contributed by atoms with Crippen LogP contribution in [-0.4, -0.2) is 58.4 Å². The van der Waals surface area contributed by atoms with E-state index in [4.69, 9.17) is 10.5 Å². The van der Waals surface area contributed by atoms with Crippen LogP contribution in [0.4, 0.5) is 4.39 Å². The van der Waals surface area contributed by atoms with Gasteiger partial charge in [0.05, 0.1) is 23.9 Å². The van der Waals surface area contributed by atoms with E-state index in [9.17, 15) is 14.7 Å². The first kappa shape index (κ1) is 19.5. The molecule has 2 heterocycles. The molecule has 28 heavy (non-hydrogen) atoms. The molecule has 4 rings (SSSR count). The number of methoxy groups -OCH3 is 1. The number of aliphatic hydroxyl groups excluding tert-OH is 1. The lowest BCUT2D eigenvalue weighted by Crippen LogP contribution is -2.47. The highest BCUT2D eigenvalue weighted by Crippen LogP contribution is 2.45. The Morgan fingerprint density at radius 3 is 2.68 bits per heavy atom. The summed E-state index contributed by atoms with van der Waals surface area (Å²) >= 11 is 0. The van der Waals surface area contributed by atoms with Crippen molar-refractivity contribution in [3.05, 3.63) is 37.9 Å². The summed E-state index contributed by atoms with van der Waals surface area (Å²) in [5, 5.41) is 9.35. The minimum absolute atomic E-state index is 0.0134. The number of aromatic amines is 1. The Labute approximate surface area is 161 Å². The lowest BCUT2D eigenvalue weighted by atomic mass is 9.88. The van der Waals surface area contributed by atoms with Crippen molar-refractivity contribution < 1.29 is 14.2 Å². The molecule has 4 atom stereocenters. The summed E-state index contributed by atoms with van der Waals surface area (Å²) in [6.45, 7) is 2.60. The highest BCUT2D eigenvalue weighted by molar-refractivity contribution is 5.70. The maximum Gasteiger partial charge on any atom is 0.328 e. The number of allylic oxidation sites excluding steroid dienone is 1. The van der Waals surface area contributed by atoms with Crippen LogP contribution in [0.5, 0.6) is 0 Å². The number of aliphatic hydroxyl groups is 1. The molecule has 4 unspecified atom stereocenters. The third-order valence-corrected chi connectivity index (χ3v) is 6.36. The minimum atomic E-state index is -0.765. The number of hydrogen-bond donors (Lipinski definition) is 3. The molecule has 1 aromatic rings. The molecule has 8 nitrogen and oxygen atoms in total. The molecule has 1 aliphatic heterocycles. The van der Waals surface area contributed by atoms with E-state index >= 15 is 4.39 Å². The topological polar surface area (TPSA) is 114 Å². The van der Waals surface area contributed by atoms with Gasteiger partial charge in [-0.1, -0.05) is 0 Å². The predicted molar refractivity (Wildman–Crippen MR) is 102 cm³/mol. The summed E-state index contributed by atoms with van der Waals surface area (Å²) in [5.41, 5.74) is 5.86. The van der Waals surface area contributed by atoms with Crippen molar-refractivity contribution >= 4 is 5.57 Å². The number of halogens is 1. The molecular formula is C19H27FN4O4. The van der Waals surface area contributed by atoms with E-state index in [0.29, 0.717) is 18.8 Å². The number of nitrogens with zero attached hydrogens (tertiary/aromatic N) is 2. The highest BCUT2D eigenvalue weighted by atomic mass is 19.1. The Morgan fingerprint density at radius 1 is 1.36 bits per heavy atom. The van der Waals surface area contributed by atoms with E-state index in [0.717, 1.165) is 19.3 Å². The van der Waals surface area contributed by atoms with E-state index in [1.54, 1.807) is 11.5 Å². The number of ether oxygens (including phenoxy) is 1. The van der Waals surface area contributed by atoms with Gasteiger partial charge in [-0.2, -0.15) is 0 Å². The molecule has 4 N–H and O–H groups in total. The first-order valence-corrected chi connectivity index (χ1v) is 9.77. The fourth-order valence-corrected chi connectivity index (χ4v) is 4.69. The van der Waals surface area contributed by atoms with E-state index in [-0.39, 0.29) is 35.7 Å². The predicted octanol–water partition coefficient (Wildman–Crippen LogP) is 0.283. The standard InChI is InChI=1S/C19H27FN4O4/c1-9-13-15(24(11-3-4-11)19(27)22-18(13)26)17(28-2)16(14(9)20)23-6-5-10(7-23)12(21)8-25/h10-12,16-17,25H,3-8,21H2,1-2H3,(H,22,26,27). The Bertz CT molecular complexity index is 919. The molecule has 2 fully saturated rings. The van der Waals surface area contributed by atoms with Crippen molar-refractivity contribution in [3.63, 3.8) is 0 Å². The van der Waals surface area contributed by atoms with Crippen LogP contribution < -0.4 is 17.0 Å². The first-order valence-electron chi connectivity index (χ1n) is 9.77. The molecule has 0 bridgehead atoms.